The van der Waals surface area contributed by atoms with Crippen molar-refractivity contribution in [3.8, 4) is 0 Å². The number of hydrogen-bond donors (Lipinski definition) is 0. The second-order valence-corrected chi connectivity index (χ2v) is 6.19. The van der Waals surface area contributed by atoms with Crippen molar-refractivity contribution >= 4 is 39.0 Å². The summed E-state index contributed by atoms with van der Waals surface area (Å²) < 4.78 is 31.8. The van der Waals surface area contributed by atoms with Crippen LogP contribution in [0.5, 0.6) is 0 Å². The van der Waals surface area contributed by atoms with Gasteiger partial charge in [-0.2, -0.15) is 0 Å². The Hall–Kier alpha value is -1.60. The first kappa shape index (κ1) is 14.8. The monoisotopic (exact) mass is 360 g/mol. The van der Waals surface area contributed by atoms with Crippen LogP contribution in [0, 0.1) is 11.6 Å². The van der Waals surface area contributed by atoms with Gasteiger partial charge in [0.25, 0.3) is 0 Å². The van der Waals surface area contributed by atoms with Crippen LogP contribution in [-0.2, 0) is 4.74 Å². The van der Waals surface area contributed by atoms with Crippen LogP contribution in [0.15, 0.2) is 34.1 Å². The molecule has 2 rings (SSSR count). The summed E-state index contributed by atoms with van der Waals surface area (Å²) in [4.78, 5) is 23.6. The number of thiophene rings is 1. The Morgan fingerprint density at radius 2 is 1.95 bits per heavy atom. The molecule has 0 aliphatic carbocycles. The molecule has 1 aromatic heterocycles. The van der Waals surface area contributed by atoms with E-state index in [0.29, 0.717) is 4.88 Å². The highest BCUT2D eigenvalue weighted by molar-refractivity contribution is 9.11. The summed E-state index contributed by atoms with van der Waals surface area (Å²) in [7, 11) is 0. The van der Waals surface area contributed by atoms with E-state index < -0.39 is 35.6 Å². The predicted octanol–water partition coefficient (Wildman–Crippen LogP) is 3.83. The molecule has 1 heterocycles. The largest absolute Gasteiger partial charge is 0.453 e. The topological polar surface area (TPSA) is 43.4 Å². The lowest BCUT2D eigenvalue weighted by Gasteiger charge is -2.04. The Balaban J connectivity index is 2.02. The molecular formula is C13H7BrF2O3S. The fourth-order valence-electron chi connectivity index (χ4n) is 1.42. The minimum absolute atomic E-state index is 0.310. The Bertz CT molecular complexity index is 669. The Morgan fingerprint density at radius 1 is 1.20 bits per heavy atom. The summed E-state index contributed by atoms with van der Waals surface area (Å²) in [5.74, 6) is -3.08. The molecule has 0 radical (unpaired) electrons. The zero-order valence-corrected chi connectivity index (χ0v) is 12.3. The van der Waals surface area contributed by atoms with E-state index in [1.807, 2.05) is 0 Å². The number of rotatable bonds is 4. The Morgan fingerprint density at radius 3 is 2.60 bits per heavy atom. The first-order valence-electron chi connectivity index (χ1n) is 5.38. The molecule has 2 aromatic rings. The Kier molecular flexibility index (Phi) is 4.61. The molecule has 0 aliphatic rings. The quantitative estimate of drug-likeness (QED) is 0.614. The standard InChI is InChI=1S/C13H7BrF2O3S/c14-12-4-3-11(20-12)13(18)19-6-10(17)8-5-7(15)1-2-9(8)16/h1-5H,6H2. The maximum atomic E-state index is 13.3. The first-order valence-corrected chi connectivity index (χ1v) is 6.99. The molecule has 0 fully saturated rings. The van der Waals surface area contributed by atoms with Crippen LogP contribution in [-0.4, -0.2) is 18.4 Å². The molecule has 0 amide bonds. The van der Waals surface area contributed by atoms with E-state index in [4.69, 9.17) is 4.74 Å². The third-order valence-corrected chi connectivity index (χ3v) is 3.94. The highest BCUT2D eigenvalue weighted by atomic mass is 79.9. The first-order chi connectivity index (χ1) is 9.47. The second-order valence-electron chi connectivity index (χ2n) is 3.73. The third-order valence-electron chi connectivity index (χ3n) is 2.34. The molecule has 0 spiro atoms. The smallest absolute Gasteiger partial charge is 0.348 e. The molecule has 0 aliphatic heterocycles. The van der Waals surface area contributed by atoms with Crippen LogP contribution < -0.4 is 0 Å². The molecule has 0 saturated heterocycles. The van der Waals surface area contributed by atoms with E-state index in [0.717, 1.165) is 33.3 Å². The predicted molar refractivity (Wildman–Crippen MR) is 73.0 cm³/mol. The molecule has 7 heteroatoms. The zero-order chi connectivity index (χ0) is 14.7. The van der Waals surface area contributed by atoms with Crippen LogP contribution >= 0.6 is 27.3 Å². The van der Waals surface area contributed by atoms with E-state index in [1.54, 1.807) is 6.07 Å². The molecule has 104 valence electrons. The lowest BCUT2D eigenvalue weighted by molar-refractivity contribution is 0.0478. The number of hydrogen-bond acceptors (Lipinski definition) is 4. The van der Waals surface area contributed by atoms with Gasteiger partial charge in [-0.15, -0.1) is 11.3 Å². The van der Waals surface area contributed by atoms with Crippen LogP contribution in [0.2, 0.25) is 0 Å². The molecule has 0 unspecified atom stereocenters. The minimum Gasteiger partial charge on any atom is -0.453 e. The van der Waals surface area contributed by atoms with Crippen molar-refractivity contribution in [3.63, 3.8) is 0 Å². The summed E-state index contributed by atoms with van der Waals surface area (Å²) in [6, 6.07) is 5.72. The molecule has 0 saturated carbocycles. The van der Waals surface area contributed by atoms with E-state index >= 15 is 0 Å². The number of Topliss-reactive ketones (excluding diaryl/α,β-unsaturated/α-hetero) is 1. The van der Waals surface area contributed by atoms with Crippen LogP contribution in [0.25, 0.3) is 0 Å². The normalized spacial score (nSPS) is 10.3. The van der Waals surface area contributed by atoms with Crippen molar-refractivity contribution < 1.29 is 23.1 Å². The summed E-state index contributed by atoms with van der Waals surface area (Å²) in [6.45, 7) is -0.644. The van der Waals surface area contributed by atoms with Gasteiger partial charge >= 0.3 is 5.97 Å². The van der Waals surface area contributed by atoms with Crippen LogP contribution in [0.1, 0.15) is 20.0 Å². The van der Waals surface area contributed by atoms with Crippen molar-refractivity contribution in [1.82, 2.24) is 0 Å². The molecule has 3 nitrogen and oxygen atoms in total. The molecule has 20 heavy (non-hydrogen) atoms. The van der Waals surface area contributed by atoms with Gasteiger partial charge in [0.05, 0.1) is 9.35 Å². The van der Waals surface area contributed by atoms with Crippen molar-refractivity contribution in [3.05, 3.63) is 56.2 Å². The average molecular weight is 361 g/mol. The fourth-order valence-corrected chi connectivity index (χ4v) is 2.70. The van der Waals surface area contributed by atoms with Crippen LogP contribution in [0.3, 0.4) is 0 Å². The van der Waals surface area contributed by atoms with E-state index in [2.05, 4.69) is 15.9 Å². The number of benzene rings is 1. The number of ether oxygens (including phenoxy) is 1. The number of carbonyl (C=O) groups excluding carboxylic acids is 2. The lowest BCUT2D eigenvalue weighted by Crippen LogP contribution is -2.15. The highest BCUT2D eigenvalue weighted by Crippen LogP contribution is 2.22. The number of carbonyl (C=O) groups is 2. The third kappa shape index (κ3) is 3.49. The maximum Gasteiger partial charge on any atom is 0.348 e. The van der Waals surface area contributed by atoms with Gasteiger partial charge in [0.1, 0.15) is 16.5 Å². The van der Waals surface area contributed by atoms with Gasteiger partial charge in [0.15, 0.2) is 6.61 Å². The van der Waals surface area contributed by atoms with E-state index in [1.165, 1.54) is 6.07 Å². The molecule has 0 atom stereocenters. The Labute approximate surface area is 125 Å². The fraction of sp³-hybridized carbons (Fsp3) is 0.0769. The molecule has 0 bridgehead atoms. The van der Waals surface area contributed by atoms with Crippen molar-refractivity contribution in [2.24, 2.45) is 0 Å². The molecular weight excluding hydrogens is 354 g/mol. The molecule has 1 aromatic carbocycles. The van der Waals surface area contributed by atoms with Gasteiger partial charge in [-0.25, -0.2) is 13.6 Å². The van der Waals surface area contributed by atoms with Crippen molar-refractivity contribution in [1.29, 1.82) is 0 Å². The van der Waals surface area contributed by atoms with Gasteiger partial charge in [-0.1, -0.05) is 0 Å². The van der Waals surface area contributed by atoms with Crippen molar-refractivity contribution in [2.45, 2.75) is 0 Å². The summed E-state index contributed by atoms with van der Waals surface area (Å²) in [6.07, 6.45) is 0. The second kappa shape index (κ2) is 6.23. The zero-order valence-electron chi connectivity index (χ0n) is 9.86. The molecule has 0 N–H and O–H groups in total. The van der Waals surface area contributed by atoms with Gasteiger partial charge in [0, 0.05) is 0 Å². The SMILES string of the molecule is O=C(OCC(=O)c1cc(F)ccc1F)c1ccc(Br)s1. The van der Waals surface area contributed by atoms with Gasteiger partial charge in [-0.3, -0.25) is 4.79 Å². The highest BCUT2D eigenvalue weighted by Gasteiger charge is 2.16. The minimum atomic E-state index is -0.855. The average Bonchev–Trinajstić information content (AvgIpc) is 2.85. The van der Waals surface area contributed by atoms with Crippen LogP contribution in [0.4, 0.5) is 8.78 Å². The maximum absolute atomic E-state index is 13.3. The van der Waals surface area contributed by atoms with E-state index in [-0.39, 0.29) is 0 Å². The van der Waals surface area contributed by atoms with Gasteiger partial charge < -0.3 is 4.74 Å². The lowest BCUT2D eigenvalue weighted by atomic mass is 10.1. The summed E-state index contributed by atoms with van der Waals surface area (Å²) >= 11 is 4.33. The van der Waals surface area contributed by atoms with Gasteiger partial charge in [0.2, 0.25) is 5.78 Å². The van der Waals surface area contributed by atoms with Crippen molar-refractivity contribution in [2.75, 3.05) is 6.61 Å². The summed E-state index contributed by atoms with van der Waals surface area (Å²) in [5, 5.41) is 0. The number of halogens is 3. The van der Waals surface area contributed by atoms with Gasteiger partial charge in [-0.05, 0) is 46.3 Å². The number of ketones is 1. The number of esters is 1. The summed E-state index contributed by atoms with van der Waals surface area (Å²) in [5.41, 5.74) is -0.440. The van der Waals surface area contributed by atoms with E-state index in [9.17, 15) is 18.4 Å².